The highest BCUT2D eigenvalue weighted by atomic mass is 32.2. The Morgan fingerprint density at radius 3 is 2.45 bits per heavy atom. The van der Waals surface area contributed by atoms with E-state index < -0.39 is 21.7 Å². The molecule has 0 saturated heterocycles. The number of nitrogens with one attached hydrogen (secondary N) is 1. The van der Waals surface area contributed by atoms with Crippen molar-refractivity contribution in [1.82, 2.24) is 9.62 Å². The van der Waals surface area contributed by atoms with Crippen LogP contribution < -0.4 is 11.1 Å². The Morgan fingerprint density at radius 1 is 1.35 bits per heavy atom. The Hall–Kier alpha value is -0.900. The van der Waals surface area contributed by atoms with Crippen molar-refractivity contribution in [2.45, 2.75) is 19.4 Å². The zero-order valence-electron chi connectivity index (χ0n) is 12.5. The quantitative estimate of drug-likeness (QED) is 0.519. The minimum absolute atomic E-state index is 0.235. The molecule has 0 spiro atoms. The maximum Gasteiger partial charge on any atom is 0.405 e. The summed E-state index contributed by atoms with van der Waals surface area (Å²) in [6.45, 7) is 4.74. The van der Waals surface area contributed by atoms with E-state index in [0.29, 0.717) is 19.8 Å². The summed E-state index contributed by atoms with van der Waals surface area (Å²) in [5.41, 5.74) is 3.73. The number of nitrogens with two attached hydrogens (primary N) is 1. The molecule has 1 amide bonds. The van der Waals surface area contributed by atoms with Gasteiger partial charge in [-0.05, 0) is 20.9 Å². The molecule has 0 radical (unpaired) electrons. The van der Waals surface area contributed by atoms with Crippen molar-refractivity contribution in [3.8, 4) is 0 Å². The van der Waals surface area contributed by atoms with E-state index in [1.807, 2.05) is 0 Å². The molecule has 0 aliphatic rings. The van der Waals surface area contributed by atoms with E-state index in [1.54, 1.807) is 7.05 Å². The molecule has 0 saturated carbocycles. The number of rotatable bonds is 10. The van der Waals surface area contributed by atoms with E-state index in [1.165, 1.54) is 25.2 Å². The second-order valence-corrected chi connectivity index (χ2v) is 7.05. The molecule has 0 fully saturated rings. The van der Waals surface area contributed by atoms with Crippen molar-refractivity contribution in [1.29, 1.82) is 0 Å². The van der Waals surface area contributed by atoms with E-state index in [-0.39, 0.29) is 12.3 Å². The first-order valence-electron chi connectivity index (χ1n) is 6.25. The number of hydrogen-bond donors (Lipinski definition) is 2. The predicted molar refractivity (Wildman–Crippen MR) is 75.9 cm³/mol. The molecule has 120 valence electrons. The summed E-state index contributed by atoms with van der Waals surface area (Å²) >= 11 is 0. The lowest BCUT2D eigenvalue weighted by Gasteiger charge is -2.26. The maximum absolute atomic E-state index is 12.1. The lowest BCUT2D eigenvalue weighted by molar-refractivity contribution is 0.0612. The third-order valence-corrected chi connectivity index (χ3v) is 4.62. The van der Waals surface area contributed by atoms with Crippen molar-refractivity contribution in [2.24, 2.45) is 5.73 Å². The summed E-state index contributed by atoms with van der Waals surface area (Å²) in [6, 6.07) is 0. The fourth-order valence-electron chi connectivity index (χ4n) is 1.46. The van der Waals surface area contributed by atoms with Gasteiger partial charge in [0.25, 0.3) is 0 Å². The summed E-state index contributed by atoms with van der Waals surface area (Å²) in [6.07, 6.45) is -0.997. The highest BCUT2D eigenvalue weighted by Crippen LogP contribution is 2.14. The van der Waals surface area contributed by atoms with E-state index in [4.69, 9.17) is 15.2 Å². The molecule has 0 aromatic carbocycles. The van der Waals surface area contributed by atoms with Gasteiger partial charge in [-0.2, -0.15) is 0 Å². The maximum atomic E-state index is 12.1. The SMILES string of the molecule is CNCCOCCN(C)S(=O)(=O)CC(C)(C)OC(N)=O. The molecule has 0 rings (SSSR count). The molecule has 0 aliphatic carbocycles. The number of carbonyl (C=O) groups excluding carboxylic acids is 1. The van der Waals surface area contributed by atoms with Crippen LogP contribution in [0.25, 0.3) is 0 Å². The number of amides is 1. The van der Waals surface area contributed by atoms with Crippen LogP contribution in [0.4, 0.5) is 4.79 Å². The molecule has 9 heteroatoms. The molecule has 0 aromatic heterocycles. The standard InChI is InChI=1S/C11H25N3O5S/c1-11(2,19-10(12)15)9-20(16,17)14(4)6-8-18-7-5-13-3/h13H,5-9H2,1-4H3,(H2,12,15). The Bertz CT molecular complexity index is 397. The van der Waals surface area contributed by atoms with Crippen LogP contribution in [-0.4, -0.2) is 70.6 Å². The fourth-order valence-corrected chi connectivity index (χ4v) is 2.97. The van der Waals surface area contributed by atoms with Crippen LogP contribution in [0.3, 0.4) is 0 Å². The van der Waals surface area contributed by atoms with E-state index in [2.05, 4.69) is 5.32 Å². The monoisotopic (exact) mass is 311 g/mol. The van der Waals surface area contributed by atoms with Gasteiger partial charge in [-0.15, -0.1) is 0 Å². The zero-order chi connectivity index (χ0) is 15.8. The number of carbonyl (C=O) groups is 1. The largest absolute Gasteiger partial charge is 0.443 e. The Kier molecular flexibility index (Phi) is 8.02. The summed E-state index contributed by atoms with van der Waals surface area (Å²) in [7, 11) is -0.290. The van der Waals surface area contributed by atoms with Crippen LogP contribution in [0.5, 0.6) is 0 Å². The molecular formula is C11H25N3O5S. The van der Waals surface area contributed by atoms with Crippen molar-refractivity contribution >= 4 is 16.1 Å². The predicted octanol–water partition coefficient (Wildman–Crippen LogP) is -0.642. The second-order valence-electron chi connectivity index (χ2n) is 4.97. The molecule has 0 bridgehead atoms. The third kappa shape index (κ3) is 8.31. The van der Waals surface area contributed by atoms with Gasteiger partial charge in [0.05, 0.1) is 13.2 Å². The Balaban J connectivity index is 4.30. The highest BCUT2D eigenvalue weighted by Gasteiger charge is 2.31. The van der Waals surface area contributed by atoms with Crippen LogP contribution >= 0.6 is 0 Å². The van der Waals surface area contributed by atoms with Crippen LogP contribution in [0.2, 0.25) is 0 Å². The molecule has 3 N–H and O–H groups in total. The fraction of sp³-hybridized carbons (Fsp3) is 0.909. The number of likely N-dealkylation sites (N-methyl/N-ethyl adjacent to an activating group) is 2. The number of hydrogen-bond acceptors (Lipinski definition) is 6. The van der Waals surface area contributed by atoms with Crippen molar-refractivity contribution in [2.75, 3.05) is 46.2 Å². The normalized spacial score (nSPS) is 12.7. The van der Waals surface area contributed by atoms with Crippen molar-refractivity contribution in [3.63, 3.8) is 0 Å². The highest BCUT2D eigenvalue weighted by molar-refractivity contribution is 7.89. The average molecular weight is 311 g/mol. The molecule has 0 aromatic rings. The molecule has 0 atom stereocenters. The average Bonchev–Trinajstić information content (AvgIpc) is 2.24. The molecule has 0 unspecified atom stereocenters. The van der Waals surface area contributed by atoms with Crippen molar-refractivity contribution in [3.05, 3.63) is 0 Å². The molecule has 8 nitrogen and oxygen atoms in total. The van der Waals surface area contributed by atoms with Gasteiger partial charge in [0.1, 0.15) is 11.4 Å². The molecular weight excluding hydrogens is 286 g/mol. The van der Waals surface area contributed by atoms with Gasteiger partial charge in [-0.1, -0.05) is 0 Å². The second kappa shape index (κ2) is 8.40. The molecule has 20 heavy (non-hydrogen) atoms. The van der Waals surface area contributed by atoms with Gasteiger partial charge in [0.2, 0.25) is 10.0 Å². The first kappa shape index (κ1) is 19.1. The van der Waals surface area contributed by atoms with Crippen LogP contribution in [0.15, 0.2) is 0 Å². The minimum atomic E-state index is -3.55. The zero-order valence-corrected chi connectivity index (χ0v) is 13.3. The van der Waals surface area contributed by atoms with Gasteiger partial charge in [0.15, 0.2) is 0 Å². The number of ether oxygens (including phenoxy) is 2. The smallest absolute Gasteiger partial charge is 0.405 e. The summed E-state index contributed by atoms with van der Waals surface area (Å²) in [5, 5.41) is 2.92. The molecule has 0 heterocycles. The third-order valence-electron chi connectivity index (χ3n) is 2.43. The van der Waals surface area contributed by atoms with Gasteiger partial charge >= 0.3 is 6.09 Å². The lowest BCUT2D eigenvalue weighted by atomic mass is 10.2. The Labute approximate surface area is 120 Å². The summed E-state index contributed by atoms with van der Waals surface area (Å²) in [5.74, 6) is -0.337. The molecule has 0 aliphatic heterocycles. The van der Waals surface area contributed by atoms with Crippen LogP contribution in [-0.2, 0) is 19.5 Å². The van der Waals surface area contributed by atoms with Gasteiger partial charge in [-0.3, -0.25) is 0 Å². The van der Waals surface area contributed by atoms with Gasteiger partial charge in [0, 0.05) is 20.1 Å². The minimum Gasteiger partial charge on any atom is -0.443 e. The number of sulfonamides is 1. The Morgan fingerprint density at radius 2 is 1.95 bits per heavy atom. The number of primary amides is 1. The van der Waals surface area contributed by atoms with E-state index in [9.17, 15) is 13.2 Å². The van der Waals surface area contributed by atoms with Crippen molar-refractivity contribution < 1.29 is 22.7 Å². The lowest BCUT2D eigenvalue weighted by Crippen LogP contribution is -2.43. The van der Waals surface area contributed by atoms with E-state index in [0.717, 1.165) is 0 Å². The van der Waals surface area contributed by atoms with Crippen LogP contribution in [0, 0.1) is 0 Å². The number of nitrogens with zero attached hydrogens (tertiary/aromatic N) is 1. The summed E-state index contributed by atoms with van der Waals surface area (Å²) in [4.78, 5) is 10.7. The summed E-state index contributed by atoms with van der Waals surface area (Å²) < 4.78 is 35.4. The topological polar surface area (TPSA) is 111 Å². The van der Waals surface area contributed by atoms with Gasteiger partial charge < -0.3 is 20.5 Å². The van der Waals surface area contributed by atoms with E-state index >= 15 is 0 Å². The van der Waals surface area contributed by atoms with Crippen LogP contribution in [0.1, 0.15) is 13.8 Å². The van der Waals surface area contributed by atoms with Gasteiger partial charge in [-0.25, -0.2) is 17.5 Å². The first-order chi connectivity index (χ1) is 9.10. The first-order valence-corrected chi connectivity index (χ1v) is 7.86.